The standard InChI is InChI=1S/C15H8BrClF3N3O/c16-14-7-13(23(22-14)11-2-1-3-21-8-11)9-4-10(17)6-12(5-9)24-15(18,19)20/h1-8H. The quantitative estimate of drug-likeness (QED) is 0.583. The van der Waals surface area contributed by atoms with E-state index in [4.69, 9.17) is 11.6 Å². The molecule has 0 aliphatic heterocycles. The van der Waals surface area contributed by atoms with Crippen molar-refractivity contribution >= 4 is 27.5 Å². The van der Waals surface area contributed by atoms with E-state index >= 15 is 0 Å². The highest BCUT2D eigenvalue weighted by molar-refractivity contribution is 9.10. The molecule has 3 rings (SSSR count). The third-order valence-corrected chi connectivity index (χ3v) is 3.58. The monoisotopic (exact) mass is 417 g/mol. The number of hydrogen-bond acceptors (Lipinski definition) is 3. The summed E-state index contributed by atoms with van der Waals surface area (Å²) in [4.78, 5) is 4.01. The van der Waals surface area contributed by atoms with Gasteiger partial charge in [-0.15, -0.1) is 13.2 Å². The van der Waals surface area contributed by atoms with Gasteiger partial charge in [-0.3, -0.25) is 4.98 Å². The predicted octanol–water partition coefficient (Wildman–Crippen LogP) is 5.25. The summed E-state index contributed by atoms with van der Waals surface area (Å²) < 4.78 is 43.4. The number of alkyl halides is 3. The van der Waals surface area contributed by atoms with Crippen LogP contribution in [0, 0.1) is 0 Å². The number of benzene rings is 1. The Hall–Kier alpha value is -2.06. The second-order valence-electron chi connectivity index (χ2n) is 4.70. The topological polar surface area (TPSA) is 39.9 Å². The van der Waals surface area contributed by atoms with E-state index in [-0.39, 0.29) is 5.02 Å². The maximum atomic E-state index is 12.5. The average Bonchev–Trinajstić information content (AvgIpc) is 2.88. The minimum atomic E-state index is -4.80. The lowest BCUT2D eigenvalue weighted by Gasteiger charge is -2.12. The first kappa shape index (κ1) is 16.8. The van der Waals surface area contributed by atoms with Crippen molar-refractivity contribution in [2.45, 2.75) is 6.36 Å². The molecule has 3 aromatic rings. The number of ether oxygens (including phenoxy) is 1. The van der Waals surface area contributed by atoms with E-state index in [0.29, 0.717) is 21.5 Å². The summed E-state index contributed by atoms with van der Waals surface area (Å²) in [5, 5.41) is 4.39. The molecule has 4 nitrogen and oxygen atoms in total. The van der Waals surface area contributed by atoms with Gasteiger partial charge in [0, 0.05) is 16.8 Å². The van der Waals surface area contributed by atoms with Gasteiger partial charge in [0.25, 0.3) is 0 Å². The second-order valence-corrected chi connectivity index (χ2v) is 5.95. The molecule has 0 saturated heterocycles. The Labute approximate surface area is 148 Å². The summed E-state index contributed by atoms with van der Waals surface area (Å²) in [5.74, 6) is -0.403. The molecule has 0 spiro atoms. The first-order valence-electron chi connectivity index (χ1n) is 6.54. The van der Waals surface area contributed by atoms with Crippen LogP contribution < -0.4 is 4.74 Å². The zero-order chi connectivity index (χ0) is 17.3. The van der Waals surface area contributed by atoms with Gasteiger partial charge in [0.05, 0.1) is 17.6 Å². The maximum Gasteiger partial charge on any atom is 0.573 e. The summed E-state index contributed by atoms with van der Waals surface area (Å²) in [6, 6.07) is 9.03. The highest BCUT2D eigenvalue weighted by Crippen LogP contribution is 2.33. The molecular formula is C15H8BrClF3N3O. The SMILES string of the molecule is FC(F)(F)Oc1cc(Cl)cc(-c2cc(Br)nn2-c2cccnc2)c1. The number of aromatic nitrogens is 3. The zero-order valence-corrected chi connectivity index (χ0v) is 14.1. The van der Waals surface area contributed by atoms with E-state index < -0.39 is 12.1 Å². The van der Waals surface area contributed by atoms with Crippen LogP contribution in [-0.2, 0) is 0 Å². The highest BCUT2D eigenvalue weighted by Gasteiger charge is 2.31. The van der Waals surface area contributed by atoms with Crippen molar-refractivity contribution in [3.63, 3.8) is 0 Å². The first-order valence-corrected chi connectivity index (χ1v) is 7.71. The van der Waals surface area contributed by atoms with Crippen LogP contribution in [0.5, 0.6) is 5.75 Å². The Kier molecular flexibility index (Phi) is 4.51. The number of pyridine rings is 1. The molecule has 1 aromatic carbocycles. The van der Waals surface area contributed by atoms with E-state index in [1.165, 1.54) is 12.1 Å². The lowest BCUT2D eigenvalue weighted by atomic mass is 10.1. The van der Waals surface area contributed by atoms with Crippen LogP contribution >= 0.6 is 27.5 Å². The van der Waals surface area contributed by atoms with Gasteiger partial charge in [0.2, 0.25) is 0 Å². The fourth-order valence-corrected chi connectivity index (χ4v) is 2.74. The van der Waals surface area contributed by atoms with Gasteiger partial charge in [-0.25, -0.2) is 4.68 Å². The Morgan fingerprint density at radius 3 is 2.62 bits per heavy atom. The van der Waals surface area contributed by atoms with E-state index in [2.05, 4.69) is 30.7 Å². The Morgan fingerprint density at radius 1 is 1.17 bits per heavy atom. The van der Waals surface area contributed by atoms with Crippen molar-refractivity contribution in [1.29, 1.82) is 0 Å². The molecule has 2 aromatic heterocycles. The minimum Gasteiger partial charge on any atom is -0.406 e. The van der Waals surface area contributed by atoms with Crippen LogP contribution in [0.15, 0.2) is 53.4 Å². The average molecular weight is 419 g/mol. The van der Waals surface area contributed by atoms with Crippen LogP contribution in [0.4, 0.5) is 13.2 Å². The Balaban J connectivity index is 2.10. The summed E-state index contributed by atoms with van der Waals surface area (Å²) in [6.07, 6.45) is -1.61. The molecule has 9 heteroatoms. The molecule has 0 bridgehead atoms. The summed E-state index contributed by atoms with van der Waals surface area (Å²) in [5.41, 5.74) is 1.60. The third-order valence-electron chi connectivity index (χ3n) is 2.97. The number of rotatable bonds is 3. The van der Waals surface area contributed by atoms with E-state index in [1.54, 1.807) is 35.3 Å². The minimum absolute atomic E-state index is 0.113. The molecule has 0 N–H and O–H groups in total. The third kappa shape index (κ3) is 3.88. The van der Waals surface area contributed by atoms with Crippen molar-refractivity contribution in [3.8, 4) is 22.7 Å². The molecule has 0 aliphatic carbocycles. The van der Waals surface area contributed by atoms with Gasteiger partial charge in [0.15, 0.2) is 0 Å². The molecular weight excluding hydrogens is 411 g/mol. The van der Waals surface area contributed by atoms with E-state index in [1.807, 2.05) is 0 Å². The fourth-order valence-electron chi connectivity index (χ4n) is 2.14. The number of halogens is 5. The summed E-state index contributed by atoms with van der Waals surface area (Å²) in [7, 11) is 0. The highest BCUT2D eigenvalue weighted by atomic mass is 79.9. The molecule has 0 unspecified atom stereocenters. The maximum absolute atomic E-state index is 12.5. The smallest absolute Gasteiger partial charge is 0.406 e. The molecule has 24 heavy (non-hydrogen) atoms. The molecule has 0 aliphatic rings. The lowest BCUT2D eigenvalue weighted by Crippen LogP contribution is -2.17. The Morgan fingerprint density at radius 2 is 1.96 bits per heavy atom. The molecule has 0 atom stereocenters. The van der Waals surface area contributed by atoms with Gasteiger partial charge < -0.3 is 4.74 Å². The number of nitrogens with zero attached hydrogens (tertiary/aromatic N) is 3. The predicted molar refractivity (Wildman–Crippen MR) is 86.2 cm³/mol. The molecule has 0 radical (unpaired) electrons. The second kappa shape index (κ2) is 6.45. The number of hydrogen-bond donors (Lipinski definition) is 0. The van der Waals surface area contributed by atoms with Crippen molar-refractivity contribution in [1.82, 2.24) is 14.8 Å². The normalized spacial score (nSPS) is 11.5. The van der Waals surface area contributed by atoms with Crippen LogP contribution in [-0.4, -0.2) is 21.1 Å². The van der Waals surface area contributed by atoms with Gasteiger partial charge in [-0.2, -0.15) is 5.10 Å². The molecule has 2 heterocycles. The van der Waals surface area contributed by atoms with E-state index in [9.17, 15) is 13.2 Å². The van der Waals surface area contributed by atoms with Gasteiger partial charge in [-0.1, -0.05) is 11.6 Å². The zero-order valence-electron chi connectivity index (χ0n) is 11.8. The molecule has 124 valence electrons. The van der Waals surface area contributed by atoms with Crippen LogP contribution in [0.1, 0.15) is 0 Å². The molecule has 0 fully saturated rings. The van der Waals surface area contributed by atoms with Crippen LogP contribution in [0.2, 0.25) is 5.02 Å². The largest absolute Gasteiger partial charge is 0.573 e. The van der Waals surface area contributed by atoms with Gasteiger partial charge >= 0.3 is 6.36 Å². The van der Waals surface area contributed by atoms with Crippen molar-refractivity contribution < 1.29 is 17.9 Å². The van der Waals surface area contributed by atoms with Crippen molar-refractivity contribution in [2.24, 2.45) is 0 Å². The van der Waals surface area contributed by atoms with E-state index in [0.717, 1.165) is 6.07 Å². The molecule has 0 amide bonds. The summed E-state index contributed by atoms with van der Waals surface area (Å²) in [6.45, 7) is 0. The van der Waals surface area contributed by atoms with Gasteiger partial charge in [0.1, 0.15) is 10.4 Å². The van der Waals surface area contributed by atoms with Crippen molar-refractivity contribution in [2.75, 3.05) is 0 Å². The lowest BCUT2D eigenvalue weighted by molar-refractivity contribution is -0.274. The summed E-state index contributed by atoms with van der Waals surface area (Å²) >= 11 is 9.20. The fraction of sp³-hybridized carbons (Fsp3) is 0.0667. The van der Waals surface area contributed by atoms with Gasteiger partial charge in [-0.05, 0) is 52.3 Å². The van der Waals surface area contributed by atoms with Crippen LogP contribution in [0.25, 0.3) is 16.9 Å². The molecule has 0 saturated carbocycles. The first-order chi connectivity index (χ1) is 11.3. The van der Waals surface area contributed by atoms with Crippen LogP contribution in [0.3, 0.4) is 0 Å². The van der Waals surface area contributed by atoms with Crippen molar-refractivity contribution in [3.05, 3.63) is 58.4 Å². The Bertz CT molecular complexity index is 868.